The van der Waals surface area contributed by atoms with Gasteiger partial charge in [0.1, 0.15) is 0 Å². The van der Waals surface area contributed by atoms with E-state index in [-0.39, 0.29) is 11.3 Å². The number of halogens is 1. The molecule has 1 N–H and O–H groups in total. The van der Waals surface area contributed by atoms with Crippen LogP contribution in [0, 0.1) is 0 Å². The summed E-state index contributed by atoms with van der Waals surface area (Å²) in [6, 6.07) is 7.50. The number of hydrogen-bond acceptors (Lipinski definition) is 3. The van der Waals surface area contributed by atoms with E-state index in [1.54, 1.807) is 0 Å². The zero-order valence-corrected chi connectivity index (χ0v) is 14.1. The quantitative estimate of drug-likeness (QED) is 0.872. The van der Waals surface area contributed by atoms with Crippen LogP contribution in [0.15, 0.2) is 24.3 Å². The minimum Gasteiger partial charge on any atom is -0.301 e. The fourth-order valence-corrected chi connectivity index (χ4v) is 4.67. The molecular formula is C15H23ClN2O2S. The Kier molecular flexibility index (Phi) is 5.66. The number of likely N-dealkylation sites (N-methyl/N-ethyl adjacent to an activating group) is 1. The molecule has 6 heteroatoms. The average Bonchev–Trinajstić information content (AvgIpc) is 2.95. The highest BCUT2D eigenvalue weighted by molar-refractivity contribution is 7.90. The van der Waals surface area contributed by atoms with Crippen molar-refractivity contribution >= 4 is 21.6 Å². The van der Waals surface area contributed by atoms with E-state index in [9.17, 15) is 8.42 Å². The van der Waals surface area contributed by atoms with E-state index >= 15 is 0 Å². The summed E-state index contributed by atoms with van der Waals surface area (Å²) in [7, 11) is 0.628. The molecule has 2 rings (SSSR count). The minimum absolute atomic E-state index is 0.0742. The number of nitrogens with zero attached hydrogens (tertiary/aromatic N) is 1. The van der Waals surface area contributed by atoms with E-state index in [1.165, 1.54) is 0 Å². The van der Waals surface area contributed by atoms with Crippen LogP contribution in [0.4, 0.5) is 0 Å². The lowest BCUT2D eigenvalue weighted by Crippen LogP contribution is -2.38. The summed E-state index contributed by atoms with van der Waals surface area (Å²) in [5.74, 6) is 0. The third-order valence-corrected chi connectivity index (χ3v) is 6.37. The van der Waals surface area contributed by atoms with Crippen LogP contribution in [0.3, 0.4) is 0 Å². The highest BCUT2D eigenvalue weighted by Crippen LogP contribution is 2.27. The molecule has 0 saturated heterocycles. The lowest BCUT2D eigenvalue weighted by atomic mass is 10.1. The summed E-state index contributed by atoms with van der Waals surface area (Å²) >= 11 is 6.24. The second-order valence-electron chi connectivity index (χ2n) is 5.80. The van der Waals surface area contributed by atoms with E-state index in [0.29, 0.717) is 11.6 Å². The standard InChI is InChI=1S/C15H23ClN2O2S/c1-18(2)15(13-9-5-6-10-14(13)16)11-17-21(19,20)12-7-3-4-8-12/h5-6,9-10,12,15,17H,3-4,7-8,11H2,1-2H3. The van der Waals surface area contributed by atoms with Gasteiger partial charge in [0.05, 0.1) is 5.25 Å². The zero-order valence-electron chi connectivity index (χ0n) is 12.5. The fourth-order valence-electron chi connectivity index (χ4n) is 2.83. The van der Waals surface area contributed by atoms with Gasteiger partial charge in [0, 0.05) is 17.6 Å². The molecule has 1 unspecified atom stereocenters. The van der Waals surface area contributed by atoms with E-state index in [2.05, 4.69) is 4.72 Å². The van der Waals surface area contributed by atoms with Gasteiger partial charge in [-0.25, -0.2) is 13.1 Å². The predicted octanol–water partition coefficient (Wildman–Crippen LogP) is 2.80. The molecule has 1 fully saturated rings. The van der Waals surface area contributed by atoms with Crippen LogP contribution in [-0.2, 0) is 10.0 Å². The van der Waals surface area contributed by atoms with Crippen molar-refractivity contribution in [2.45, 2.75) is 37.0 Å². The SMILES string of the molecule is CN(C)C(CNS(=O)(=O)C1CCCC1)c1ccccc1Cl. The molecule has 1 aromatic carbocycles. The van der Waals surface area contributed by atoms with Gasteiger partial charge in [0.15, 0.2) is 0 Å². The maximum Gasteiger partial charge on any atom is 0.214 e. The molecule has 0 spiro atoms. The molecule has 0 aliphatic heterocycles. The van der Waals surface area contributed by atoms with Crippen LogP contribution >= 0.6 is 11.6 Å². The van der Waals surface area contributed by atoms with Gasteiger partial charge in [-0.15, -0.1) is 0 Å². The van der Waals surface area contributed by atoms with Crippen molar-refractivity contribution in [3.63, 3.8) is 0 Å². The first-order valence-electron chi connectivity index (χ1n) is 7.31. The van der Waals surface area contributed by atoms with Gasteiger partial charge in [0.2, 0.25) is 10.0 Å². The summed E-state index contributed by atoms with van der Waals surface area (Å²) in [4.78, 5) is 1.98. The van der Waals surface area contributed by atoms with Crippen LogP contribution in [0.5, 0.6) is 0 Å². The van der Waals surface area contributed by atoms with Gasteiger partial charge in [-0.1, -0.05) is 42.6 Å². The third-order valence-electron chi connectivity index (χ3n) is 4.11. The first-order chi connectivity index (χ1) is 9.92. The lowest BCUT2D eigenvalue weighted by molar-refractivity contribution is 0.299. The first kappa shape index (κ1) is 16.7. The largest absolute Gasteiger partial charge is 0.301 e. The number of sulfonamides is 1. The van der Waals surface area contributed by atoms with E-state index in [0.717, 1.165) is 31.2 Å². The molecule has 0 bridgehead atoms. The molecule has 1 saturated carbocycles. The summed E-state index contributed by atoms with van der Waals surface area (Å²) in [6.45, 7) is 0.343. The normalized spacial score (nSPS) is 18.3. The first-order valence-corrected chi connectivity index (χ1v) is 9.23. The molecule has 1 aliphatic rings. The van der Waals surface area contributed by atoms with Crippen molar-refractivity contribution in [3.8, 4) is 0 Å². The Bertz CT molecular complexity index is 569. The molecule has 0 aromatic heterocycles. The number of hydrogen-bond donors (Lipinski definition) is 1. The monoisotopic (exact) mass is 330 g/mol. The van der Waals surface area contributed by atoms with Crippen LogP contribution in [0.2, 0.25) is 5.02 Å². The topological polar surface area (TPSA) is 49.4 Å². The van der Waals surface area contributed by atoms with Gasteiger partial charge >= 0.3 is 0 Å². The predicted molar refractivity (Wildman–Crippen MR) is 87.1 cm³/mol. The van der Waals surface area contributed by atoms with Crippen molar-refractivity contribution in [1.82, 2.24) is 9.62 Å². The Hall–Kier alpha value is -0.620. The second-order valence-corrected chi connectivity index (χ2v) is 8.25. The number of rotatable bonds is 6. The molecule has 0 heterocycles. The van der Waals surface area contributed by atoms with Crippen LogP contribution in [0.25, 0.3) is 0 Å². The molecule has 1 aliphatic carbocycles. The fraction of sp³-hybridized carbons (Fsp3) is 0.600. The summed E-state index contributed by atoms with van der Waals surface area (Å²) in [5, 5.41) is 0.433. The van der Waals surface area contributed by atoms with Gasteiger partial charge in [-0.2, -0.15) is 0 Å². The van der Waals surface area contributed by atoms with E-state index in [1.807, 2.05) is 43.3 Å². The molecule has 1 aromatic rings. The van der Waals surface area contributed by atoms with Crippen LogP contribution in [0.1, 0.15) is 37.3 Å². The minimum atomic E-state index is -3.23. The maximum atomic E-state index is 12.3. The Morgan fingerprint density at radius 1 is 1.29 bits per heavy atom. The van der Waals surface area contributed by atoms with Crippen molar-refractivity contribution in [2.24, 2.45) is 0 Å². The average molecular weight is 331 g/mol. The molecule has 118 valence electrons. The summed E-state index contributed by atoms with van der Waals surface area (Å²) in [6.07, 6.45) is 3.56. The van der Waals surface area contributed by atoms with E-state index in [4.69, 9.17) is 11.6 Å². The molecule has 0 radical (unpaired) electrons. The molecule has 4 nitrogen and oxygen atoms in total. The summed E-state index contributed by atoms with van der Waals surface area (Å²) < 4.78 is 27.4. The van der Waals surface area contributed by atoms with Crippen molar-refractivity contribution < 1.29 is 8.42 Å². The molecule has 1 atom stereocenters. The van der Waals surface area contributed by atoms with Gasteiger partial charge in [-0.3, -0.25) is 0 Å². The molecule has 0 amide bonds. The van der Waals surface area contributed by atoms with Crippen molar-refractivity contribution in [2.75, 3.05) is 20.6 Å². The second kappa shape index (κ2) is 7.09. The van der Waals surface area contributed by atoms with Gasteiger partial charge < -0.3 is 4.90 Å². The van der Waals surface area contributed by atoms with Gasteiger partial charge in [0.25, 0.3) is 0 Å². The van der Waals surface area contributed by atoms with Crippen LogP contribution < -0.4 is 4.72 Å². The van der Waals surface area contributed by atoms with E-state index < -0.39 is 10.0 Å². The smallest absolute Gasteiger partial charge is 0.214 e. The van der Waals surface area contributed by atoms with Gasteiger partial charge in [-0.05, 0) is 38.6 Å². The Balaban J connectivity index is 2.09. The highest BCUT2D eigenvalue weighted by Gasteiger charge is 2.29. The zero-order chi connectivity index (χ0) is 15.5. The molecule has 21 heavy (non-hydrogen) atoms. The van der Waals surface area contributed by atoms with Crippen LogP contribution in [-0.4, -0.2) is 39.2 Å². The lowest BCUT2D eigenvalue weighted by Gasteiger charge is -2.26. The molecular weight excluding hydrogens is 308 g/mol. The Labute approximate surface area is 132 Å². The number of benzene rings is 1. The summed E-state index contributed by atoms with van der Waals surface area (Å²) in [5.41, 5.74) is 0.943. The van der Waals surface area contributed by atoms with Crippen molar-refractivity contribution in [1.29, 1.82) is 0 Å². The van der Waals surface area contributed by atoms with Crippen molar-refractivity contribution in [3.05, 3.63) is 34.9 Å². The maximum absolute atomic E-state index is 12.3. The third kappa shape index (κ3) is 4.19. The Morgan fingerprint density at radius 3 is 2.48 bits per heavy atom. The highest BCUT2D eigenvalue weighted by atomic mass is 35.5. The Morgan fingerprint density at radius 2 is 1.90 bits per heavy atom. The number of nitrogens with one attached hydrogen (secondary N) is 1.